The molecule has 0 bridgehead atoms. The second kappa shape index (κ2) is 4.28. The van der Waals surface area contributed by atoms with E-state index in [9.17, 15) is 0 Å². The molecule has 4 heteroatoms. The summed E-state index contributed by atoms with van der Waals surface area (Å²) in [5.74, 6) is 0.648. The van der Waals surface area contributed by atoms with Crippen LogP contribution in [0.4, 0.5) is 5.69 Å². The maximum absolute atomic E-state index is 9.12. The molecule has 0 fully saturated rings. The van der Waals surface area contributed by atoms with Gasteiger partial charge in [0.15, 0.2) is 5.82 Å². The van der Waals surface area contributed by atoms with Crippen LogP contribution in [0.5, 0.6) is 0 Å². The van der Waals surface area contributed by atoms with E-state index in [4.69, 9.17) is 10.8 Å². The number of rotatable bonds is 2. The number of hydrogen-bond acceptors (Lipinski definition) is 4. The van der Waals surface area contributed by atoms with Crippen LogP contribution >= 0.6 is 0 Å². The summed E-state index contributed by atoms with van der Waals surface area (Å²) in [6.07, 6.45) is 1.71. The van der Waals surface area contributed by atoms with Crippen LogP contribution in [0, 0.1) is 6.92 Å². The summed E-state index contributed by atoms with van der Waals surface area (Å²) >= 11 is 0. The van der Waals surface area contributed by atoms with Gasteiger partial charge < -0.3 is 10.8 Å². The number of nitrogens with two attached hydrogens (primary N) is 1. The molecule has 82 valence electrons. The zero-order chi connectivity index (χ0) is 11.5. The first-order valence-corrected chi connectivity index (χ1v) is 5.00. The van der Waals surface area contributed by atoms with Crippen LogP contribution in [0.1, 0.15) is 11.3 Å². The third-order valence-corrected chi connectivity index (χ3v) is 2.37. The second-order valence-corrected chi connectivity index (χ2v) is 3.59. The van der Waals surface area contributed by atoms with E-state index >= 15 is 0 Å². The van der Waals surface area contributed by atoms with Gasteiger partial charge in [0.05, 0.1) is 6.61 Å². The first-order chi connectivity index (χ1) is 7.70. The molecule has 2 aromatic rings. The Morgan fingerprint density at radius 3 is 2.81 bits per heavy atom. The van der Waals surface area contributed by atoms with E-state index in [0.29, 0.717) is 17.1 Å². The van der Waals surface area contributed by atoms with E-state index in [2.05, 4.69) is 9.97 Å². The summed E-state index contributed by atoms with van der Waals surface area (Å²) in [5.41, 5.74) is 8.76. The Balaban J connectivity index is 2.48. The zero-order valence-electron chi connectivity index (χ0n) is 9.01. The van der Waals surface area contributed by atoms with E-state index in [1.807, 2.05) is 25.1 Å². The minimum Gasteiger partial charge on any atom is -0.398 e. The van der Waals surface area contributed by atoms with Crippen molar-refractivity contribution in [3.8, 4) is 11.4 Å². The third kappa shape index (κ3) is 2.01. The SMILES string of the molecule is Cc1ccnc(-c2ccc(N)c(CO)c2)n1. The maximum atomic E-state index is 9.12. The largest absolute Gasteiger partial charge is 0.398 e. The standard InChI is InChI=1S/C12H13N3O/c1-8-4-5-14-12(15-8)9-2-3-11(13)10(6-9)7-16/h2-6,16H,7,13H2,1H3. The highest BCUT2D eigenvalue weighted by Crippen LogP contribution is 2.20. The summed E-state index contributed by atoms with van der Waals surface area (Å²) in [5, 5.41) is 9.12. The lowest BCUT2D eigenvalue weighted by Gasteiger charge is -2.05. The molecular formula is C12H13N3O. The highest BCUT2D eigenvalue weighted by atomic mass is 16.3. The van der Waals surface area contributed by atoms with E-state index < -0.39 is 0 Å². The molecule has 0 atom stereocenters. The molecule has 16 heavy (non-hydrogen) atoms. The molecule has 3 N–H and O–H groups in total. The average Bonchev–Trinajstić information content (AvgIpc) is 2.29. The summed E-state index contributed by atoms with van der Waals surface area (Å²) in [6, 6.07) is 7.26. The minimum absolute atomic E-state index is 0.0779. The molecule has 0 radical (unpaired) electrons. The van der Waals surface area contributed by atoms with E-state index in [-0.39, 0.29) is 6.61 Å². The van der Waals surface area contributed by atoms with Crippen molar-refractivity contribution >= 4 is 5.69 Å². The van der Waals surface area contributed by atoms with Gasteiger partial charge in [0.25, 0.3) is 0 Å². The highest BCUT2D eigenvalue weighted by molar-refractivity contribution is 5.62. The number of hydrogen-bond donors (Lipinski definition) is 2. The van der Waals surface area contributed by atoms with Gasteiger partial charge in [-0.05, 0) is 31.2 Å². The lowest BCUT2D eigenvalue weighted by Crippen LogP contribution is -1.96. The van der Waals surface area contributed by atoms with Crippen LogP contribution < -0.4 is 5.73 Å². The molecule has 0 aliphatic carbocycles. The molecule has 1 aromatic heterocycles. The molecule has 0 saturated carbocycles. The molecule has 2 rings (SSSR count). The number of anilines is 1. The van der Waals surface area contributed by atoms with Crippen molar-refractivity contribution in [1.82, 2.24) is 9.97 Å². The van der Waals surface area contributed by atoms with Crippen molar-refractivity contribution < 1.29 is 5.11 Å². The molecule has 1 aromatic carbocycles. The molecule has 4 nitrogen and oxygen atoms in total. The van der Waals surface area contributed by atoms with Gasteiger partial charge in [0.2, 0.25) is 0 Å². The van der Waals surface area contributed by atoms with E-state index in [0.717, 1.165) is 11.3 Å². The summed E-state index contributed by atoms with van der Waals surface area (Å²) in [4.78, 5) is 8.50. The third-order valence-electron chi connectivity index (χ3n) is 2.37. The predicted molar refractivity (Wildman–Crippen MR) is 62.5 cm³/mol. The Labute approximate surface area is 93.8 Å². The topological polar surface area (TPSA) is 72.0 Å². The zero-order valence-corrected chi connectivity index (χ0v) is 9.01. The summed E-state index contributed by atoms with van der Waals surface area (Å²) < 4.78 is 0. The van der Waals surface area contributed by atoms with Crippen molar-refractivity contribution in [2.75, 3.05) is 5.73 Å². The Kier molecular flexibility index (Phi) is 2.83. The van der Waals surface area contributed by atoms with Gasteiger partial charge in [-0.25, -0.2) is 9.97 Å². The monoisotopic (exact) mass is 215 g/mol. The molecule has 0 saturated heterocycles. The fourth-order valence-corrected chi connectivity index (χ4v) is 1.47. The quantitative estimate of drug-likeness (QED) is 0.745. The Morgan fingerprint density at radius 2 is 2.12 bits per heavy atom. The average molecular weight is 215 g/mol. The first-order valence-electron chi connectivity index (χ1n) is 5.00. The number of nitrogens with zero attached hydrogens (tertiary/aromatic N) is 2. The van der Waals surface area contributed by atoms with Crippen LogP contribution in [0.15, 0.2) is 30.5 Å². The molecule has 0 spiro atoms. The second-order valence-electron chi connectivity index (χ2n) is 3.59. The molecule has 1 heterocycles. The molecule has 0 unspecified atom stereocenters. The molecule has 0 aliphatic heterocycles. The predicted octanol–water partition coefficient (Wildman–Crippen LogP) is 1.53. The Morgan fingerprint density at radius 1 is 1.31 bits per heavy atom. The van der Waals surface area contributed by atoms with Crippen LogP contribution in [-0.2, 0) is 6.61 Å². The van der Waals surface area contributed by atoms with Crippen molar-refractivity contribution in [2.24, 2.45) is 0 Å². The van der Waals surface area contributed by atoms with Crippen LogP contribution in [0.2, 0.25) is 0 Å². The lowest BCUT2D eigenvalue weighted by atomic mass is 10.1. The summed E-state index contributed by atoms with van der Waals surface area (Å²) in [6.45, 7) is 1.83. The number of benzene rings is 1. The van der Waals surface area contributed by atoms with E-state index in [1.165, 1.54) is 0 Å². The van der Waals surface area contributed by atoms with Crippen LogP contribution in [0.3, 0.4) is 0 Å². The maximum Gasteiger partial charge on any atom is 0.159 e. The number of aromatic nitrogens is 2. The molecule has 0 aliphatic rings. The minimum atomic E-state index is -0.0779. The van der Waals surface area contributed by atoms with Gasteiger partial charge in [-0.3, -0.25) is 0 Å². The molecule has 0 amide bonds. The Hall–Kier alpha value is -1.94. The summed E-state index contributed by atoms with van der Waals surface area (Å²) in [7, 11) is 0. The van der Waals surface area contributed by atoms with Crippen LogP contribution in [-0.4, -0.2) is 15.1 Å². The number of aliphatic hydroxyl groups is 1. The lowest BCUT2D eigenvalue weighted by molar-refractivity contribution is 0.282. The number of nitrogen functional groups attached to an aromatic ring is 1. The van der Waals surface area contributed by atoms with Crippen molar-refractivity contribution in [2.45, 2.75) is 13.5 Å². The van der Waals surface area contributed by atoms with Crippen molar-refractivity contribution in [3.63, 3.8) is 0 Å². The smallest absolute Gasteiger partial charge is 0.159 e. The van der Waals surface area contributed by atoms with Crippen molar-refractivity contribution in [1.29, 1.82) is 0 Å². The van der Waals surface area contributed by atoms with Gasteiger partial charge in [-0.1, -0.05) is 0 Å². The Bertz CT molecular complexity index is 511. The fraction of sp³-hybridized carbons (Fsp3) is 0.167. The molecular weight excluding hydrogens is 202 g/mol. The van der Waals surface area contributed by atoms with Crippen molar-refractivity contribution in [3.05, 3.63) is 41.7 Å². The highest BCUT2D eigenvalue weighted by Gasteiger charge is 2.04. The van der Waals surface area contributed by atoms with Gasteiger partial charge in [-0.2, -0.15) is 0 Å². The normalized spacial score (nSPS) is 10.4. The number of aliphatic hydroxyl groups excluding tert-OH is 1. The van der Waals surface area contributed by atoms with Crippen LogP contribution in [0.25, 0.3) is 11.4 Å². The van der Waals surface area contributed by atoms with E-state index in [1.54, 1.807) is 12.3 Å². The van der Waals surface area contributed by atoms with Gasteiger partial charge >= 0.3 is 0 Å². The first kappa shape index (κ1) is 10.6. The number of aryl methyl sites for hydroxylation is 1. The fourth-order valence-electron chi connectivity index (χ4n) is 1.47. The van der Waals surface area contributed by atoms with Gasteiger partial charge in [-0.15, -0.1) is 0 Å². The van der Waals surface area contributed by atoms with Gasteiger partial charge in [0.1, 0.15) is 0 Å². The van der Waals surface area contributed by atoms with Gasteiger partial charge in [0, 0.05) is 28.7 Å².